The van der Waals surface area contributed by atoms with Crippen LogP contribution in [-0.2, 0) is 0 Å². The van der Waals surface area contributed by atoms with Crippen molar-refractivity contribution in [2.45, 2.75) is 33.1 Å². The molecule has 5 heteroatoms. The lowest BCUT2D eigenvalue weighted by Crippen LogP contribution is -2.19. The average Bonchev–Trinajstić information content (AvgIpc) is 3.09. The van der Waals surface area contributed by atoms with Gasteiger partial charge in [0.05, 0.1) is 6.33 Å². The number of aromatic nitrogens is 4. The maximum absolute atomic E-state index is 4.27. The summed E-state index contributed by atoms with van der Waals surface area (Å²) in [4.78, 5) is 15.6. The van der Waals surface area contributed by atoms with Crippen molar-refractivity contribution in [2.24, 2.45) is 11.3 Å². The summed E-state index contributed by atoms with van der Waals surface area (Å²) in [6.45, 7) is 5.66. The summed E-state index contributed by atoms with van der Waals surface area (Å²) < 4.78 is 0. The number of aromatic amines is 1. The van der Waals surface area contributed by atoms with Gasteiger partial charge in [-0.15, -0.1) is 0 Å². The van der Waals surface area contributed by atoms with Gasteiger partial charge in [-0.1, -0.05) is 13.8 Å². The summed E-state index contributed by atoms with van der Waals surface area (Å²) in [5.41, 5.74) is 2.04. The van der Waals surface area contributed by atoms with Crippen molar-refractivity contribution in [1.29, 1.82) is 0 Å². The first-order valence-electron chi connectivity index (χ1n) is 6.55. The fourth-order valence-electron chi connectivity index (χ4n) is 2.47. The Bertz CT molecular complexity index is 541. The first-order chi connectivity index (χ1) is 8.67. The molecule has 18 heavy (non-hydrogen) atoms. The van der Waals surface area contributed by atoms with Gasteiger partial charge in [-0.25, -0.2) is 15.0 Å². The van der Waals surface area contributed by atoms with E-state index in [1.165, 1.54) is 12.8 Å². The van der Waals surface area contributed by atoms with Gasteiger partial charge in [-0.05, 0) is 30.6 Å². The third-order valence-electron chi connectivity index (χ3n) is 3.97. The fourth-order valence-corrected chi connectivity index (χ4v) is 2.47. The molecule has 2 N–H and O–H groups in total. The third-order valence-corrected chi connectivity index (χ3v) is 3.97. The average molecular weight is 245 g/mol. The molecule has 0 spiro atoms. The van der Waals surface area contributed by atoms with Gasteiger partial charge in [0.1, 0.15) is 11.8 Å². The van der Waals surface area contributed by atoms with E-state index in [-0.39, 0.29) is 0 Å². The van der Waals surface area contributed by atoms with Crippen LogP contribution in [0.4, 0.5) is 5.82 Å². The summed E-state index contributed by atoms with van der Waals surface area (Å²) in [7, 11) is 0. The molecule has 1 aliphatic rings. The SMILES string of the molecule is CC(C)(CCNc1ncnc2nc[nH]c12)C1CC1. The van der Waals surface area contributed by atoms with E-state index < -0.39 is 0 Å². The lowest BCUT2D eigenvalue weighted by molar-refractivity contribution is 0.292. The molecule has 5 nitrogen and oxygen atoms in total. The highest BCUT2D eigenvalue weighted by Gasteiger charge is 2.36. The van der Waals surface area contributed by atoms with Crippen molar-refractivity contribution in [3.05, 3.63) is 12.7 Å². The Morgan fingerprint density at radius 2 is 2.17 bits per heavy atom. The number of H-pyrrole nitrogens is 1. The summed E-state index contributed by atoms with van der Waals surface area (Å²) in [5.74, 6) is 1.76. The summed E-state index contributed by atoms with van der Waals surface area (Å²) in [6, 6.07) is 0. The summed E-state index contributed by atoms with van der Waals surface area (Å²) in [6.07, 6.45) is 7.16. The van der Waals surface area contributed by atoms with Crippen LogP contribution in [0, 0.1) is 11.3 Å². The normalized spacial score (nSPS) is 16.1. The molecule has 2 aromatic heterocycles. The number of hydrogen-bond donors (Lipinski definition) is 2. The Kier molecular flexibility index (Phi) is 2.69. The molecule has 1 saturated carbocycles. The van der Waals surface area contributed by atoms with Crippen LogP contribution in [0.1, 0.15) is 33.1 Å². The van der Waals surface area contributed by atoms with Crippen LogP contribution in [0.3, 0.4) is 0 Å². The van der Waals surface area contributed by atoms with E-state index >= 15 is 0 Å². The second-order valence-electron chi connectivity index (χ2n) is 5.76. The molecule has 3 rings (SSSR count). The van der Waals surface area contributed by atoms with Crippen molar-refractivity contribution in [2.75, 3.05) is 11.9 Å². The maximum Gasteiger partial charge on any atom is 0.182 e. The highest BCUT2D eigenvalue weighted by molar-refractivity contribution is 5.81. The minimum absolute atomic E-state index is 0.438. The molecule has 2 aromatic rings. The molecule has 0 saturated heterocycles. The zero-order valence-electron chi connectivity index (χ0n) is 10.9. The van der Waals surface area contributed by atoms with Gasteiger partial charge in [0, 0.05) is 6.54 Å². The van der Waals surface area contributed by atoms with Crippen molar-refractivity contribution in [3.8, 4) is 0 Å². The first kappa shape index (κ1) is 11.4. The van der Waals surface area contributed by atoms with Gasteiger partial charge >= 0.3 is 0 Å². The predicted molar refractivity (Wildman–Crippen MR) is 71.3 cm³/mol. The van der Waals surface area contributed by atoms with Crippen molar-refractivity contribution >= 4 is 17.0 Å². The molecule has 1 fully saturated rings. The van der Waals surface area contributed by atoms with Gasteiger partial charge in [0.15, 0.2) is 11.5 Å². The number of imidazole rings is 1. The van der Waals surface area contributed by atoms with E-state index in [4.69, 9.17) is 0 Å². The molecule has 0 unspecified atom stereocenters. The monoisotopic (exact) mass is 245 g/mol. The Morgan fingerprint density at radius 3 is 2.94 bits per heavy atom. The highest BCUT2D eigenvalue weighted by atomic mass is 15.1. The van der Waals surface area contributed by atoms with E-state index in [9.17, 15) is 0 Å². The number of anilines is 1. The molecule has 0 atom stereocenters. The van der Waals surface area contributed by atoms with Crippen LogP contribution >= 0.6 is 0 Å². The zero-order chi connectivity index (χ0) is 12.6. The Labute approximate surface area is 106 Å². The maximum atomic E-state index is 4.27. The summed E-state index contributed by atoms with van der Waals surface area (Å²) >= 11 is 0. The molecule has 0 aromatic carbocycles. The number of nitrogens with one attached hydrogen (secondary N) is 2. The second-order valence-corrected chi connectivity index (χ2v) is 5.76. The zero-order valence-corrected chi connectivity index (χ0v) is 10.9. The molecular weight excluding hydrogens is 226 g/mol. The Morgan fingerprint density at radius 1 is 1.33 bits per heavy atom. The molecule has 0 amide bonds. The van der Waals surface area contributed by atoms with Gasteiger partial charge in [-0.3, -0.25) is 0 Å². The summed E-state index contributed by atoms with van der Waals surface area (Å²) in [5, 5.41) is 3.39. The van der Waals surface area contributed by atoms with Crippen LogP contribution in [0.15, 0.2) is 12.7 Å². The smallest absolute Gasteiger partial charge is 0.182 e. The predicted octanol–water partition coefficient (Wildman–Crippen LogP) is 2.59. The molecule has 0 aliphatic heterocycles. The van der Waals surface area contributed by atoms with Crippen LogP contribution in [0.25, 0.3) is 11.2 Å². The molecule has 1 aliphatic carbocycles. The molecular formula is C13H19N5. The molecule has 2 heterocycles. The van der Waals surface area contributed by atoms with Crippen molar-refractivity contribution in [3.63, 3.8) is 0 Å². The van der Waals surface area contributed by atoms with Gasteiger partial charge in [0.2, 0.25) is 0 Å². The van der Waals surface area contributed by atoms with E-state index in [1.54, 1.807) is 12.7 Å². The lowest BCUT2D eigenvalue weighted by Gasteiger charge is -2.24. The van der Waals surface area contributed by atoms with Crippen LogP contribution in [0.5, 0.6) is 0 Å². The van der Waals surface area contributed by atoms with Crippen LogP contribution in [0.2, 0.25) is 0 Å². The second kappa shape index (κ2) is 4.23. The molecule has 96 valence electrons. The number of nitrogens with zero attached hydrogens (tertiary/aromatic N) is 3. The fraction of sp³-hybridized carbons (Fsp3) is 0.615. The minimum atomic E-state index is 0.438. The largest absolute Gasteiger partial charge is 0.368 e. The molecule has 0 bridgehead atoms. The van der Waals surface area contributed by atoms with Gasteiger partial charge in [0.25, 0.3) is 0 Å². The standard InChI is InChI=1S/C13H19N5/c1-13(2,9-3-4-9)5-6-14-11-10-12(16-7-15-10)18-8-17-11/h7-9H,3-6H2,1-2H3,(H2,14,15,16,17,18). The number of fused-ring (bicyclic) bond motifs is 1. The van der Waals surface area contributed by atoms with Crippen molar-refractivity contribution < 1.29 is 0 Å². The van der Waals surface area contributed by atoms with Gasteiger partial charge < -0.3 is 10.3 Å². The van der Waals surface area contributed by atoms with E-state index in [0.717, 1.165) is 30.2 Å². The van der Waals surface area contributed by atoms with E-state index in [0.29, 0.717) is 11.1 Å². The number of hydrogen-bond acceptors (Lipinski definition) is 4. The number of rotatable bonds is 5. The van der Waals surface area contributed by atoms with Crippen LogP contribution < -0.4 is 5.32 Å². The minimum Gasteiger partial charge on any atom is -0.368 e. The quantitative estimate of drug-likeness (QED) is 0.849. The first-order valence-corrected chi connectivity index (χ1v) is 6.55. The lowest BCUT2D eigenvalue weighted by atomic mass is 9.84. The van der Waals surface area contributed by atoms with E-state index in [1.807, 2.05) is 0 Å². The van der Waals surface area contributed by atoms with E-state index in [2.05, 4.69) is 39.1 Å². The topological polar surface area (TPSA) is 66.5 Å². The molecule has 0 radical (unpaired) electrons. The van der Waals surface area contributed by atoms with Crippen LogP contribution in [-0.4, -0.2) is 26.5 Å². The Hall–Kier alpha value is -1.65. The third kappa shape index (κ3) is 2.17. The Balaban J connectivity index is 1.64. The van der Waals surface area contributed by atoms with Gasteiger partial charge in [-0.2, -0.15) is 0 Å². The van der Waals surface area contributed by atoms with Crippen molar-refractivity contribution in [1.82, 2.24) is 19.9 Å². The highest BCUT2D eigenvalue weighted by Crippen LogP contribution is 2.47.